The molecule has 0 aliphatic carbocycles. The topological polar surface area (TPSA) is 57.5 Å². The number of aryl methyl sites for hydroxylation is 2. The van der Waals surface area contributed by atoms with Crippen molar-refractivity contribution >= 4 is 18.5 Å². The number of carboxylic acid groups (broad SMARTS) is 1. The van der Waals surface area contributed by atoms with Crippen molar-refractivity contribution in [1.82, 2.24) is 0 Å². The van der Waals surface area contributed by atoms with Gasteiger partial charge in [0.2, 0.25) is 0 Å². The minimum atomic E-state index is -1.55. The second kappa shape index (κ2) is 21.7. The normalized spacial score (nSPS) is 11.8. The van der Waals surface area contributed by atoms with E-state index in [1.807, 2.05) is 13.0 Å². The molecule has 0 saturated heterocycles. The molecule has 3 nitrogen and oxygen atoms in total. The molecule has 0 aromatic heterocycles. The van der Waals surface area contributed by atoms with E-state index in [0.717, 1.165) is 11.1 Å². The molecule has 0 fully saturated rings. The van der Waals surface area contributed by atoms with Crippen LogP contribution in [0, 0.1) is 6.92 Å². The molecule has 38 heavy (non-hydrogen) atoms. The number of hydrogen-bond donors (Lipinski definition) is 2. The molecule has 0 aliphatic rings. The summed E-state index contributed by atoms with van der Waals surface area (Å²) in [6, 6.07) is 4.26. The zero-order valence-corrected chi connectivity index (χ0v) is 26.6. The van der Waals surface area contributed by atoms with Crippen molar-refractivity contribution < 1.29 is 15.0 Å². The molecule has 220 valence electrons. The molecule has 0 unspecified atom stereocenters. The first-order valence-corrected chi connectivity index (χ1v) is 18.7. The summed E-state index contributed by atoms with van der Waals surface area (Å²) in [6.45, 7) is 8.85. The smallest absolute Gasteiger partial charge is 0.303 e. The fraction of sp³-hybridized carbons (Fsp3) is 0.794. The first-order valence-electron chi connectivity index (χ1n) is 16.3. The number of carboxylic acids is 1. The Labute approximate surface area is 236 Å². The number of hydrogen-bond acceptors (Lipinski definition) is 2. The molecule has 0 heterocycles. The van der Waals surface area contributed by atoms with E-state index < -0.39 is 13.2 Å². The minimum absolute atomic E-state index is 0.154. The van der Waals surface area contributed by atoms with Crippen LogP contribution in [0.1, 0.15) is 154 Å². The van der Waals surface area contributed by atoms with Crippen molar-refractivity contribution in [2.75, 3.05) is 18.5 Å². The Hall–Kier alpha value is -1.08. The Balaban J connectivity index is 3.20. The number of aromatic hydroxyl groups is 1. The molecule has 0 aliphatic heterocycles. The summed E-state index contributed by atoms with van der Waals surface area (Å²) >= 11 is 0. The number of benzene rings is 1. The summed E-state index contributed by atoms with van der Waals surface area (Å²) in [5.74, 6) is -0.232. The minimum Gasteiger partial charge on any atom is -0.504 e. The first kappa shape index (κ1) is 34.9. The number of rotatable bonds is 25. The van der Waals surface area contributed by atoms with Gasteiger partial charge < -0.3 is 10.2 Å². The second-order valence-corrected chi connectivity index (χ2v) is 15.9. The Morgan fingerprint density at radius 2 is 1.05 bits per heavy atom. The lowest BCUT2D eigenvalue weighted by atomic mass is 10.1. The number of carbonyl (C=O) groups is 1. The zero-order chi connectivity index (χ0) is 28.1. The molecule has 1 aromatic carbocycles. The lowest BCUT2D eigenvalue weighted by Gasteiger charge is -2.30. The maximum absolute atomic E-state index is 11.5. The predicted molar refractivity (Wildman–Crippen MR) is 170 cm³/mol. The lowest BCUT2D eigenvalue weighted by molar-refractivity contribution is -0.136. The van der Waals surface area contributed by atoms with Crippen LogP contribution >= 0.6 is 7.26 Å². The van der Waals surface area contributed by atoms with Crippen molar-refractivity contribution in [2.45, 2.75) is 156 Å². The van der Waals surface area contributed by atoms with E-state index in [1.165, 1.54) is 139 Å². The second-order valence-electron chi connectivity index (χ2n) is 11.8. The molecule has 1 aromatic rings. The molecule has 1 rings (SSSR count). The molecule has 0 amide bonds. The van der Waals surface area contributed by atoms with Gasteiger partial charge in [-0.05, 0) is 69.1 Å². The van der Waals surface area contributed by atoms with E-state index >= 15 is 0 Å². The largest absolute Gasteiger partial charge is 0.504 e. The van der Waals surface area contributed by atoms with Crippen LogP contribution in [-0.2, 0) is 11.2 Å². The fourth-order valence-electron chi connectivity index (χ4n) is 5.87. The van der Waals surface area contributed by atoms with Gasteiger partial charge in [-0.2, -0.15) is 0 Å². The molecule has 0 spiro atoms. The van der Waals surface area contributed by atoms with Gasteiger partial charge in [0.25, 0.3) is 0 Å². The Bertz CT molecular complexity index is 705. The Morgan fingerprint density at radius 1 is 0.658 bits per heavy atom. The van der Waals surface area contributed by atoms with Gasteiger partial charge in [0.1, 0.15) is 5.30 Å². The average molecular weight is 550 g/mol. The average Bonchev–Trinajstić information content (AvgIpc) is 2.90. The van der Waals surface area contributed by atoms with Crippen LogP contribution in [0.4, 0.5) is 0 Å². The molecule has 0 atom stereocenters. The first-order chi connectivity index (χ1) is 18.4. The molecule has 0 bridgehead atoms. The standard InChI is InChI=1S/C34H61O3P/c1-5-8-11-14-17-20-25-38(26-21-18-15-12-9-6-2,27-22-19-16-13-10-7-3)32-29-31(23-24-33(35)36)28-30(4)34(32)37/h28-29H,5-27H2,1-4H3,(H-,35,36,37)/p+1. The lowest BCUT2D eigenvalue weighted by Crippen LogP contribution is -2.23. The molecule has 2 N–H and O–H groups in total. The highest BCUT2D eigenvalue weighted by molar-refractivity contribution is 7.83. The van der Waals surface area contributed by atoms with Crippen LogP contribution in [0.25, 0.3) is 0 Å². The summed E-state index contributed by atoms with van der Waals surface area (Å²) < 4.78 is 0. The van der Waals surface area contributed by atoms with Crippen molar-refractivity contribution in [3.8, 4) is 5.75 Å². The van der Waals surface area contributed by atoms with Gasteiger partial charge in [-0.1, -0.05) is 104 Å². The van der Waals surface area contributed by atoms with E-state index in [-0.39, 0.29) is 6.42 Å². The quantitative estimate of drug-likeness (QED) is 0.0942. The van der Waals surface area contributed by atoms with Gasteiger partial charge in [-0.3, -0.25) is 4.79 Å². The summed E-state index contributed by atoms with van der Waals surface area (Å²) in [5, 5.41) is 22.0. The third-order valence-corrected chi connectivity index (χ3v) is 13.2. The highest BCUT2D eigenvalue weighted by Crippen LogP contribution is 2.61. The van der Waals surface area contributed by atoms with Crippen molar-refractivity contribution in [2.24, 2.45) is 0 Å². The maximum atomic E-state index is 11.5. The van der Waals surface area contributed by atoms with E-state index in [1.54, 1.807) is 0 Å². The van der Waals surface area contributed by atoms with E-state index in [2.05, 4.69) is 26.8 Å². The molecular formula is C34H62O3P+. The molecular weight excluding hydrogens is 487 g/mol. The van der Waals surface area contributed by atoms with Crippen molar-refractivity contribution in [1.29, 1.82) is 0 Å². The highest BCUT2D eigenvalue weighted by Gasteiger charge is 2.41. The van der Waals surface area contributed by atoms with Gasteiger partial charge >= 0.3 is 5.97 Å². The number of phenolic OH excluding ortho intramolecular Hbond substituents is 1. The third kappa shape index (κ3) is 14.3. The third-order valence-electron chi connectivity index (χ3n) is 8.30. The summed E-state index contributed by atoms with van der Waals surface area (Å²) in [7, 11) is -1.55. The van der Waals surface area contributed by atoms with E-state index in [9.17, 15) is 15.0 Å². The van der Waals surface area contributed by atoms with Crippen LogP contribution in [0.2, 0.25) is 0 Å². The summed E-state index contributed by atoms with van der Waals surface area (Å²) in [4.78, 5) is 11.3. The van der Waals surface area contributed by atoms with Gasteiger partial charge in [0.15, 0.2) is 5.75 Å². The Kier molecular flexibility index (Phi) is 20.0. The maximum Gasteiger partial charge on any atom is 0.303 e. The summed E-state index contributed by atoms with van der Waals surface area (Å²) in [5.41, 5.74) is 2.03. The number of phenols is 1. The van der Waals surface area contributed by atoms with Crippen LogP contribution in [0.5, 0.6) is 5.75 Å². The van der Waals surface area contributed by atoms with Crippen LogP contribution in [0.3, 0.4) is 0 Å². The molecule has 0 radical (unpaired) electrons. The van der Waals surface area contributed by atoms with Gasteiger partial charge in [-0.15, -0.1) is 0 Å². The molecule has 0 saturated carbocycles. The fourth-order valence-corrected chi connectivity index (χ4v) is 10.8. The number of aliphatic carboxylic acids is 1. The van der Waals surface area contributed by atoms with Crippen LogP contribution in [-0.4, -0.2) is 34.7 Å². The Morgan fingerprint density at radius 3 is 1.45 bits per heavy atom. The monoisotopic (exact) mass is 549 g/mol. The zero-order valence-electron chi connectivity index (χ0n) is 25.7. The van der Waals surface area contributed by atoms with E-state index in [4.69, 9.17) is 0 Å². The highest BCUT2D eigenvalue weighted by atomic mass is 31.2. The van der Waals surface area contributed by atoms with Crippen molar-refractivity contribution in [3.05, 3.63) is 23.3 Å². The van der Waals surface area contributed by atoms with Gasteiger partial charge in [0, 0.05) is 6.42 Å². The van der Waals surface area contributed by atoms with Crippen LogP contribution < -0.4 is 5.30 Å². The van der Waals surface area contributed by atoms with Gasteiger partial charge in [-0.25, -0.2) is 0 Å². The summed E-state index contributed by atoms with van der Waals surface area (Å²) in [6.07, 6.45) is 28.0. The SMILES string of the molecule is CCCCCCCC[P+](CCCCCCCC)(CCCCCCCC)c1cc(CCC(=O)O)cc(C)c1O. The van der Waals surface area contributed by atoms with Crippen molar-refractivity contribution in [3.63, 3.8) is 0 Å². The van der Waals surface area contributed by atoms with E-state index in [0.29, 0.717) is 12.2 Å². The van der Waals surface area contributed by atoms with Crippen LogP contribution in [0.15, 0.2) is 12.1 Å². The van der Waals surface area contributed by atoms with Gasteiger partial charge in [0.05, 0.1) is 25.7 Å². The predicted octanol–water partition coefficient (Wildman–Crippen LogP) is 10.4. The molecule has 4 heteroatoms. The number of unbranched alkanes of at least 4 members (excludes halogenated alkanes) is 15.